The molecule has 0 spiro atoms. The Kier molecular flexibility index (Phi) is 4.45. The van der Waals surface area contributed by atoms with Crippen molar-refractivity contribution in [1.82, 2.24) is 15.5 Å². The molecule has 2 N–H and O–H groups in total. The van der Waals surface area contributed by atoms with Crippen LogP contribution >= 0.6 is 15.9 Å². The van der Waals surface area contributed by atoms with Crippen LogP contribution in [0.15, 0.2) is 27.1 Å². The number of hydrogen-bond acceptors (Lipinski definition) is 5. The largest absolute Gasteiger partial charge is 0.406 e. The third-order valence-corrected chi connectivity index (χ3v) is 3.29. The summed E-state index contributed by atoms with van der Waals surface area (Å²) < 4.78 is 6.52. The molecular formula is C14H19BrN4O. The third kappa shape index (κ3) is 4.31. The highest BCUT2D eigenvalue weighted by Gasteiger charge is 2.12. The van der Waals surface area contributed by atoms with Crippen molar-refractivity contribution in [3.8, 4) is 0 Å². The molecule has 6 heteroatoms. The minimum absolute atomic E-state index is 0.0155. The first-order chi connectivity index (χ1) is 9.33. The van der Waals surface area contributed by atoms with Crippen molar-refractivity contribution >= 4 is 27.6 Å². The molecule has 0 unspecified atom stereocenters. The zero-order valence-corrected chi connectivity index (χ0v) is 13.7. The topological polar surface area (TPSA) is 63.0 Å². The van der Waals surface area contributed by atoms with E-state index in [0.717, 1.165) is 15.7 Å². The number of hydrogen-bond donors (Lipinski definition) is 2. The van der Waals surface area contributed by atoms with Gasteiger partial charge < -0.3 is 15.1 Å². The van der Waals surface area contributed by atoms with Crippen molar-refractivity contribution < 1.29 is 4.42 Å². The number of nitrogens with one attached hydrogen (secondary N) is 2. The van der Waals surface area contributed by atoms with Crippen molar-refractivity contribution in [2.45, 2.75) is 39.8 Å². The maximum absolute atomic E-state index is 5.56. The van der Waals surface area contributed by atoms with Gasteiger partial charge in [-0.25, -0.2) is 0 Å². The second-order valence-corrected chi connectivity index (χ2v) is 6.57. The Labute approximate surface area is 127 Å². The van der Waals surface area contributed by atoms with E-state index in [1.54, 1.807) is 0 Å². The van der Waals surface area contributed by atoms with Gasteiger partial charge in [0.1, 0.15) is 0 Å². The number of halogens is 1. The number of aromatic nitrogens is 2. The Bertz CT molecular complexity index is 589. The minimum atomic E-state index is 0.0155. The summed E-state index contributed by atoms with van der Waals surface area (Å²) in [6, 6.07) is 6.42. The molecule has 5 nitrogen and oxygen atoms in total. The molecule has 0 bridgehead atoms. The van der Waals surface area contributed by atoms with Crippen molar-refractivity contribution in [3.05, 3.63) is 34.1 Å². The monoisotopic (exact) mass is 338 g/mol. The molecule has 1 aromatic carbocycles. The van der Waals surface area contributed by atoms with E-state index in [1.165, 1.54) is 0 Å². The zero-order chi connectivity index (χ0) is 14.8. The van der Waals surface area contributed by atoms with Crippen LogP contribution in [0.1, 0.15) is 32.2 Å². The average Bonchev–Trinajstić information content (AvgIpc) is 2.78. The SMILES string of the molecule is Cc1ccc(Br)c(Nc2nnc(CNC(C)(C)C)o2)c1. The molecule has 0 amide bonds. The highest BCUT2D eigenvalue weighted by Crippen LogP contribution is 2.26. The normalized spacial score (nSPS) is 11.7. The van der Waals surface area contributed by atoms with Crippen molar-refractivity contribution in [2.24, 2.45) is 0 Å². The molecule has 0 radical (unpaired) electrons. The summed E-state index contributed by atoms with van der Waals surface area (Å²) in [6.45, 7) is 8.85. The molecule has 0 saturated heterocycles. The number of rotatable bonds is 4. The molecule has 0 aliphatic rings. The summed E-state index contributed by atoms with van der Waals surface area (Å²) in [5.41, 5.74) is 2.08. The third-order valence-electron chi connectivity index (χ3n) is 2.60. The van der Waals surface area contributed by atoms with E-state index >= 15 is 0 Å². The lowest BCUT2D eigenvalue weighted by molar-refractivity contribution is 0.384. The first kappa shape index (κ1) is 15.0. The number of anilines is 2. The highest BCUT2D eigenvalue weighted by molar-refractivity contribution is 9.10. The van der Waals surface area contributed by atoms with E-state index in [9.17, 15) is 0 Å². The van der Waals surface area contributed by atoms with Crippen LogP contribution in [0.5, 0.6) is 0 Å². The fraction of sp³-hybridized carbons (Fsp3) is 0.429. The average molecular weight is 339 g/mol. The standard InChI is InChI=1S/C14H19BrN4O/c1-9-5-6-10(15)11(7-9)17-13-19-18-12(20-13)8-16-14(2,3)4/h5-7,16H,8H2,1-4H3,(H,17,19). The molecule has 108 valence electrons. The van der Waals surface area contributed by atoms with Gasteiger partial charge in [0.25, 0.3) is 0 Å². The van der Waals surface area contributed by atoms with Crippen LogP contribution in [-0.2, 0) is 6.54 Å². The Morgan fingerprint density at radius 2 is 2.00 bits per heavy atom. The molecule has 1 heterocycles. The molecule has 1 aromatic heterocycles. The molecule has 0 aliphatic carbocycles. The Balaban J connectivity index is 2.04. The zero-order valence-electron chi connectivity index (χ0n) is 12.1. The first-order valence-electron chi connectivity index (χ1n) is 6.44. The van der Waals surface area contributed by atoms with Gasteiger partial charge in [-0.1, -0.05) is 11.2 Å². The molecular weight excluding hydrogens is 320 g/mol. The van der Waals surface area contributed by atoms with Gasteiger partial charge in [-0.3, -0.25) is 0 Å². The smallest absolute Gasteiger partial charge is 0.320 e. The van der Waals surface area contributed by atoms with Gasteiger partial charge in [0.05, 0.1) is 12.2 Å². The van der Waals surface area contributed by atoms with Gasteiger partial charge in [-0.15, -0.1) is 5.10 Å². The van der Waals surface area contributed by atoms with Gasteiger partial charge >= 0.3 is 6.01 Å². The van der Waals surface area contributed by atoms with E-state index in [4.69, 9.17) is 4.42 Å². The summed E-state index contributed by atoms with van der Waals surface area (Å²) >= 11 is 3.49. The molecule has 0 saturated carbocycles. The number of benzene rings is 1. The van der Waals surface area contributed by atoms with Crippen LogP contribution in [0.4, 0.5) is 11.7 Å². The second-order valence-electron chi connectivity index (χ2n) is 5.71. The van der Waals surface area contributed by atoms with Gasteiger partial charge in [0.2, 0.25) is 5.89 Å². The molecule has 2 rings (SSSR count). The molecule has 0 fully saturated rings. The predicted octanol–water partition coefficient (Wildman–Crippen LogP) is 3.77. The molecule has 0 aliphatic heterocycles. The predicted molar refractivity (Wildman–Crippen MR) is 83.1 cm³/mol. The summed E-state index contributed by atoms with van der Waals surface area (Å²) in [5, 5.41) is 14.4. The van der Waals surface area contributed by atoms with Crippen LogP contribution in [-0.4, -0.2) is 15.7 Å². The Hall–Kier alpha value is -1.40. The van der Waals surface area contributed by atoms with Crippen LogP contribution in [0.3, 0.4) is 0 Å². The van der Waals surface area contributed by atoms with Crippen molar-refractivity contribution in [3.63, 3.8) is 0 Å². The van der Waals surface area contributed by atoms with E-state index < -0.39 is 0 Å². The van der Waals surface area contributed by atoms with E-state index in [-0.39, 0.29) is 5.54 Å². The first-order valence-corrected chi connectivity index (χ1v) is 7.23. The highest BCUT2D eigenvalue weighted by atomic mass is 79.9. The van der Waals surface area contributed by atoms with Gasteiger partial charge in [0.15, 0.2) is 0 Å². The lowest BCUT2D eigenvalue weighted by atomic mass is 10.1. The fourth-order valence-corrected chi connectivity index (χ4v) is 1.91. The maximum Gasteiger partial charge on any atom is 0.320 e. The fourth-order valence-electron chi connectivity index (χ4n) is 1.57. The summed E-state index contributed by atoms with van der Waals surface area (Å²) in [6.07, 6.45) is 0. The lowest BCUT2D eigenvalue weighted by Crippen LogP contribution is -2.35. The maximum atomic E-state index is 5.56. The van der Waals surface area contributed by atoms with E-state index in [0.29, 0.717) is 18.5 Å². The number of aryl methyl sites for hydroxylation is 1. The summed E-state index contributed by atoms with van der Waals surface area (Å²) in [7, 11) is 0. The van der Waals surface area contributed by atoms with E-state index in [2.05, 4.69) is 57.5 Å². The molecule has 20 heavy (non-hydrogen) atoms. The van der Waals surface area contributed by atoms with Crippen molar-refractivity contribution in [2.75, 3.05) is 5.32 Å². The van der Waals surface area contributed by atoms with Crippen LogP contribution in [0.2, 0.25) is 0 Å². The van der Waals surface area contributed by atoms with Gasteiger partial charge in [0, 0.05) is 10.0 Å². The Morgan fingerprint density at radius 1 is 1.25 bits per heavy atom. The molecule has 0 atom stereocenters. The lowest BCUT2D eigenvalue weighted by Gasteiger charge is -2.18. The number of nitrogens with zero attached hydrogens (tertiary/aromatic N) is 2. The summed E-state index contributed by atoms with van der Waals surface area (Å²) in [5.74, 6) is 0.561. The summed E-state index contributed by atoms with van der Waals surface area (Å²) in [4.78, 5) is 0. The molecule has 2 aromatic rings. The van der Waals surface area contributed by atoms with Gasteiger partial charge in [-0.2, -0.15) is 0 Å². The van der Waals surface area contributed by atoms with Crippen LogP contribution in [0, 0.1) is 6.92 Å². The van der Waals surface area contributed by atoms with E-state index in [1.807, 2.05) is 25.1 Å². The van der Waals surface area contributed by atoms with Crippen molar-refractivity contribution in [1.29, 1.82) is 0 Å². The van der Waals surface area contributed by atoms with Crippen LogP contribution in [0.25, 0.3) is 0 Å². The van der Waals surface area contributed by atoms with Crippen LogP contribution < -0.4 is 10.6 Å². The quantitative estimate of drug-likeness (QED) is 0.888. The minimum Gasteiger partial charge on any atom is -0.406 e. The van der Waals surface area contributed by atoms with Gasteiger partial charge in [-0.05, 0) is 61.3 Å². The second kappa shape index (κ2) is 5.93. The Morgan fingerprint density at radius 3 is 2.70 bits per heavy atom.